The van der Waals surface area contributed by atoms with Crippen LogP contribution in [-0.2, 0) is 9.53 Å². The molecule has 1 aliphatic heterocycles. The smallest absolute Gasteiger partial charge is 0.313 e. The molecule has 0 aromatic rings. The van der Waals surface area contributed by atoms with Gasteiger partial charge >= 0.3 is 5.97 Å². The van der Waals surface area contributed by atoms with Gasteiger partial charge in [-0.15, -0.1) is 0 Å². The standard InChI is InChI=1S/C15H22O2/c1-9-4-5-10-14(3)11-8-15(9,10)7-6-13(11,2)17-12(14)16/h9-11H,4-8H2,1-3H3/t9-,10+,11+,13-,14+,15+/m1/s1. The quantitative estimate of drug-likeness (QED) is 0.602. The maximum absolute atomic E-state index is 12.4. The summed E-state index contributed by atoms with van der Waals surface area (Å²) in [5, 5.41) is 0. The fraction of sp³-hybridized carbons (Fsp3) is 0.933. The van der Waals surface area contributed by atoms with Crippen LogP contribution in [0.1, 0.15) is 52.9 Å². The van der Waals surface area contributed by atoms with E-state index in [0.29, 0.717) is 17.3 Å². The molecule has 4 fully saturated rings. The summed E-state index contributed by atoms with van der Waals surface area (Å²) in [5.41, 5.74) is 0.190. The van der Waals surface area contributed by atoms with Crippen LogP contribution in [0.5, 0.6) is 0 Å². The Morgan fingerprint density at radius 1 is 1.18 bits per heavy atom. The van der Waals surface area contributed by atoms with Crippen molar-refractivity contribution in [3.05, 3.63) is 0 Å². The van der Waals surface area contributed by atoms with E-state index in [0.717, 1.165) is 12.3 Å². The molecule has 0 N–H and O–H groups in total. The second kappa shape index (κ2) is 2.57. The lowest BCUT2D eigenvalue weighted by molar-refractivity contribution is -0.161. The van der Waals surface area contributed by atoms with Crippen molar-refractivity contribution in [1.29, 1.82) is 0 Å². The summed E-state index contributed by atoms with van der Waals surface area (Å²) < 4.78 is 5.81. The van der Waals surface area contributed by atoms with E-state index in [9.17, 15) is 4.79 Å². The van der Waals surface area contributed by atoms with Crippen molar-refractivity contribution in [2.24, 2.45) is 28.6 Å². The number of ether oxygens (including phenoxy) is 1. The SMILES string of the molecule is C[C@@H]1CC[C@@H]2[C@]13CC[C@@]1(C)OC(=O)[C@]2(C)[C@H]1C3. The van der Waals surface area contributed by atoms with Gasteiger partial charge < -0.3 is 4.74 Å². The number of esters is 1. The number of carbonyl (C=O) groups excluding carboxylic acids is 1. The van der Waals surface area contributed by atoms with Crippen LogP contribution < -0.4 is 0 Å². The van der Waals surface area contributed by atoms with Gasteiger partial charge in [-0.05, 0) is 63.2 Å². The fourth-order valence-electron chi connectivity index (χ4n) is 6.17. The highest BCUT2D eigenvalue weighted by Crippen LogP contribution is 2.76. The lowest BCUT2D eigenvalue weighted by Crippen LogP contribution is -2.41. The highest BCUT2D eigenvalue weighted by atomic mass is 16.6. The molecule has 0 aromatic heterocycles. The first kappa shape index (κ1) is 10.4. The molecule has 1 spiro atoms. The Balaban J connectivity index is 1.92. The van der Waals surface area contributed by atoms with Crippen LogP contribution in [-0.4, -0.2) is 11.6 Å². The lowest BCUT2D eigenvalue weighted by atomic mass is 9.64. The predicted molar refractivity (Wildman–Crippen MR) is 64.3 cm³/mol. The van der Waals surface area contributed by atoms with Crippen LogP contribution in [0, 0.1) is 28.6 Å². The third-order valence-electron chi connectivity index (χ3n) is 7.19. The zero-order valence-corrected chi connectivity index (χ0v) is 11.1. The number of fused-ring (bicyclic) bond motifs is 1. The second-order valence-corrected chi connectivity index (χ2v) is 7.51. The molecule has 4 aliphatic rings. The maximum atomic E-state index is 12.4. The van der Waals surface area contributed by atoms with E-state index in [1.54, 1.807) is 0 Å². The Morgan fingerprint density at radius 2 is 1.94 bits per heavy atom. The first-order valence-corrected chi connectivity index (χ1v) is 7.17. The zero-order chi connectivity index (χ0) is 12.1. The molecule has 0 aromatic carbocycles. The lowest BCUT2D eigenvalue weighted by Gasteiger charge is -2.44. The van der Waals surface area contributed by atoms with Crippen LogP contribution in [0.2, 0.25) is 0 Å². The summed E-state index contributed by atoms with van der Waals surface area (Å²) in [7, 11) is 0. The van der Waals surface area contributed by atoms with Crippen molar-refractivity contribution < 1.29 is 9.53 Å². The Labute approximate surface area is 103 Å². The van der Waals surface area contributed by atoms with E-state index >= 15 is 0 Å². The minimum absolute atomic E-state index is 0.116. The van der Waals surface area contributed by atoms with Gasteiger partial charge in [-0.1, -0.05) is 6.92 Å². The van der Waals surface area contributed by atoms with Crippen LogP contribution in [0.15, 0.2) is 0 Å². The van der Waals surface area contributed by atoms with Gasteiger partial charge in [0.15, 0.2) is 0 Å². The summed E-state index contributed by atoms with van der Waals surface area (Å²) in [5.74, 6) is 2.02. The second-order valence-electron chi connectivity index (χ2n) is 7.51. The topological polar surface area (TPSA) is 26.3 Å². The Bertz CT molecular complexity index is 417. The Kier molecular flexibility index (Phi) is 1.57. The van der Waals surface area contributed by atoms with Gasteiger partial charge in [0.25, 0.3) is 0 Å². The van der Waals surface area contributed by atoms with Gasteiger partial charge in [-0.25, -0.2) is 0 Å². The molecule has 1 saturated heterocycles. The molecule has 1 heterocycles. The molecule has 94 valence electrons. The van der Waals surface area contributed by atoms with Gasteiger partial charge in [-0.2, -0.15) is 0 Å². The van der Waals surface area contributed by atoms with Gasteiger partial charge in [0, 0.05) is 5.92 Å². The van der Waals surface area contributed by atoms with Crippen molar-refractivity contribution in [3.8, 4) is 0 Å². The first-order valence-electron chi connectivity index (χ1n) is 7.17. The van der Waals surface area contributed by atoms with Crippen LogP contribution >= 0.6 is 0 Å². The van der Waals surface area contributed by atoms with Crippen LogP contribution in [0.3, 0.4) is 0 Å². The van der Waals surface area contributed by atoms with Crippen molar-refractivity contribution in [2.45, 2.75) is 58.5 Å². The zero-order valence-electron chi connectivity index (χ0n) is 11.1. The van der Waals surface area contributed by atoms with Crippen LogP contribution in [0.4, 0.5) is 0 Å². The van der Waals surface area contributed by atoms with Crippen molar-refractivity contribution in [3.63, 3.8) is 0 Å². The number of hydrogen-bond donors (Lipinski definition) is 0. The van der Waals surface area contributed by atoms with Crippen molar-refractivity contribution in [1.82, 2.24) is 0 Å². The van der Waals surface area contributed by atoms with Gasteiger partial charge in [0.05, 0.1) is 5.41 Å². The van der Waals surface area contributed by atoms with E-state index in [1.165, 1.54) is 25.7 Å². The highest BCUT2D eigenvalue weighted by molar-refractivity contribution is 5.81. The molecule has 2 heteroatoms. The first-order chi connectivity index (χ1) is 7.93. The van der Waals surface area contributed by atoms with E-state index in [1.807, 2.05) is 0 Å². The number of hydrogen-bond acceptors (Lipinski definition) is 2. The summed E-state index contributed by atoms with van der Waals surface area (Å²) in [6.45, 7) is 6.80. The van der Waals surface area contributed by atoms with E-state index < -0.39 is 0 Å². The molecule has 2 bridgehead atoms. The summed E-state index contributed by atoms with van der Waals surface area (Å²) in [6.07, 6.45) is 6.20. The molecular weight excluding hydrogens is 212 g/mol. The maximum Gasteiger partial charge on any atom is 0.313 e. The van der Waals surface area contributed by atoms with Crippen molar-refractivity contribution >= 4 is 5.97 Å². The average molecular weight is 234 g/mol. The van der Waals surface area contributed by atoms with Crippen molar-refractivity contribution in [2.75, 3.05) is 0 Å². The molecule has 0 amide bonds. The third kappa shape index (κ3) is 0.850. The van der Waals surface area contributed by atoms with E-state index in [4.69, 9.17) is 4.74 Å². The third-order valence-corrected chi connectivity index (χ3v) is 7.19. The fourth-order valence-corrected chi connectivity index (χ4v) is 6.17. The minimum atomic E-state index is -0.157. The molecule has 2 nitrogen and oxygen atoms in total. The molecule has 3 saturated carbocycles. The predicted octanol–water partition coefficient (Wildman–Crippen LogP) is 3.15. The van der Waals surface area contributed by atoms with Gasteiger partial charge in [-0.3, -0.25) is 4.79 Å². The molecule has 0 unspecified atom stereocenters. The number of rotatable bonds is 0. The Hall–Kier alpha value is -0.530. The van der Waals surface area contributed by atoms with Gasteiger partial charge in [0.2, 0.25) is 0 Å². The summed E-state index contributed by atoms with van der Waals surface area (Å²) in [4.78, 5) is 12.4. The molecule has 6 atom stereocenters. The van der Waals surface area contributed by atoms with Crippen LogP contribution in [0.25, 0.3) is 0 Å². The molecule has 0 radical (unpaired) electrons. The number of carbonyl (C=O) groups is 1. The van der Waals surface area contributed by atoms with E-state index in [-0.39, 0.29) is 17.0 Å². The largest absolute Gasteiger partial charge is 0.459 e. The molecular formula is C15H22O2. The minimum Gasteiger partial charge on any atom is -0.459 e. The molecule has 4 rings (SSSR count). The van der Waals surface area contributed by atoms with E-state index in [2.05, 4.69) is 20.8 Å². The van der Waals surface area contributed by atoms with Gasteiger partial charge in [0.1, 0.15) is 5.60 Å². The summed E-state index contributed by atoms with van der Waals surface area (Å²) >= 11 is 0. The molecule has 17 heavy (non-hydrogen) atoms. The summed E-state index contributed by atoms with van der Waals surface area (Å²) in [6, 6.07) is 0. The monoisotopic (exact) mass is 234 g/mol. The normalized spacial score (nSPS) is 63.7. The highest BCUT2D eigenvalue weighted by Gasteiger charge is 2.76. The Morgan fingerprint density at radius 3 is 2.71 bits per heavy atom. The average Bonchev–Trinajstić information content (AvgIpc) is 2.77. The molecule has 3 aliphatic carbocycles.